The molecule has 1 N–H and O–H groups in total. The third-order valence-corrected chi connectivity index (χ3v) is 4.87. The van der Waals surface area contributed by atoms with Gasteiger partial charge in [0.1, 0.15) is 5.75 Å². The van der Waals surface area contributed by atoms with Crippen molar-refractivity contribution < 1.29 is 4.74 Å². The topological polar surface area (TPSA) is 21.3 Å². The largest absolute Gasteiger partial charge is 0.496 e. The summed E-state index contributed by atoms with van der Waals surface area (Å²) in [5.41, 5.74) is 1.16. The molecule has 0 bridgehead atoms. The van der Waals surface area contributed by atoms with Gasteiger partial charge in [-0.15, -0.1) is 11.3 Å². The number of halogens is 1. The van der Waals surface area contributed by atoms with Crippen LogP contribution in [0.25, 0.3) is 0 Å². The van der Waals surface area contributed by atoms with E-state index in [-0.39, 0.29) is 6.04 Å². The molecule has 1 aromatic carbocycles. The summed E-state index contributed by atoms with van der Waals surface area (Å²) in [7, 11) is 3.68. The molecule has 2 aromatic rings. The molecule has 0 radical (unpaired) electrons. The van der Waals surface area contributed by atoms with Crippen LogP contribution in [-0.2, 0) is 0 Å². The second kappa shape index (κ2) is 5.87. The molecule has 1 heterocycles. The summed E-state index contributed by atoms with van der Waals surface area (Å²) in [5.74, 6) is 0.912. The highest BCUT2D eigenvalue weighted by atomic mass is 79.9. The number of thiophene rings is 1. The number of nitrogens with one attached hydrogen (secondary N) is 1. The third kappa shape index (κ3) is 2.60. The molecular weight excluding hydrogens is 310 g/mol. The summed E-state index contributed by atoms with van der Waals surface area (Å²) in [6.07, 6.45) is 0. The molecule has 0 saturated heterocycles. The van der Waals surface area contributed by atoms with Gasteiger partial charge in [-0.2, -0.15) is 0 Å². The van der Waals surface area contributed by atoms with Gasteiger partial charge in [0.25, 0.3) is 0 Å². The molecule has 18 heavy (non-hydrogen) atoms. The first-order chi connectivity index (χ1) is 8.67. The second-order valence-electron chi connectivity index (χ2n) is 4.03. The minimum absolute atomic E-state index is 0.147. The summed E-state index contributed by atoms with van der Waals surface area (Å²) in [6, 6.07) is 10.4. The number of para-hydroxylation sites is 1. The third-order valence-electron chi connectivity index (χ3n) is 2.84. The zero-order chi connectivity index (χ0) is 13.1. The Labute approximate surface area is 120 Å². The maximum Gasteiger partial charge on any atom is 0.124 e. The van der Waals surface area contributed by atoms with Gasteiger partial charge in [0.15, 0.2) is 0 Å². The second-order valence-corrected chi connectivity index (χ2v) is 6.18. The van der Waals surface area contributed by atoms with Gasteiger partial charge in [-0.3, -0.25) is 0 Å². The first-order valence-electron chi connectivity index (χ1n) is 5.73. The summed E-state index contributed by atoms with van der Waals surface area (Å²) in [6.45, 7) is 2.12. The Bertz CT molecular complexity index is 538. The normalized spacial score (nSPS) is 12.4. The Hall–Kier alpha value is -0.840. The highest BCUT2D eigenvalue weighted by Crippen LogP contribution is 2.38. The fourth-order valence-electron chi connectivity index (χ4n) is 2.03. The van der Waals surface area contributed by atoms with Crippen LogP contribution in [0.1, 0.15) is 21.4 Å². The molecule has 2 nitrogen and oxygen atoms in total. The Morgan fingerprint density at radius 3 is 2.61 bits per heavy atom. The van der Waals surface area contributed by atoms with Crippen molar-refractivity contribution in [2.45, 2.75) is 13.0 Å². The van der Waals surface area contributed by atoms with E-state index in [0.29, 0.717) is 0 Å². The number of benzene rings is 1. The molecule has 0 aliphatic heterocycles. The van der Waals surface area contributed by atoms with E-state index in [4.69, 9.17) is 4.74 Å². The van der Waals surface area contributed by atoms with Gasteiger partial charge >= 0.3 is 0 Å². The van der Waals surface area contributed by atoms with Crippen LogP contribution >= 0.6 is 27.3 Å². The van der Waals surface area contributed by atoms with Crippen LogP contribution in [0.2, 0.25) is 0 Å². The molecule has 1 atom stereocenters. The number of hydrogen-bond acceptors (Lipinski definition) is 3. The number of rotatable bonds is 4. The van der Waals surface area contributed by atoms with E-state index in [1.54, 1.807) is 18.4 Å². The lowest BCUT2D eigenvalue weighted by Gasteiger charge is -2.18. The smallest absolute Gasteiger partial charge is 0.124 e. The molecule has 0 spiro atoms. The van der Waals surface area contributed by atoms with Crippen molar-refractivity contribution >= 4 is 27.3 Å². The van der Waals surface area contributed by atoms with Gasteiger partial charge in [-0.25, -0.2) is 0 Å². The number of hydrogen-bond donors (Lipinski definition) is 1. The molecule has 0 aliphatic carbocycles. The summed E-state index contributed by atoms with van der Waals surface area (Å²) >= 11 is 5.43. The molecule has 2 rings (SSSR count). The Balaban J connectivity index is 2.48. The maximum atomic E-state index is 5.45. The number of ether oxygens (including phenoxy) is 1. The van der Waals surface area contributed by atoms with E-state index < -0.39 is 0 Å². The van der Waals surface area contributed by atoms with Crippen LogP contribution in [0.4, 0.5) is 0 Å². The standard InChI is InChI=1S/C14H16BrNOS/c1-9-8-11(15)14(18-9)13(16-2)10-6-4-5-7-12(10)17-3/h4-8,13,16H,1-3H3. The molecule has 1 unspecified atom stereocenters. The lowest BCUT2D eigenvalue weighted by Crippen LogP contribution is -2.17. The van der Waals surface area contributed by atoms with E-state index in [9.17, 15) is 0 Å². The molecule has 0 amide bonds. The average molecular weight is 326 g/mol. The lowest BCUT2D eigenvalue weighted by atomic mass is 10.0. The van der Waals surface area contributed by atoms with Crippen LogP contribution in [0, 0.1) is 6.92 Å². The molecule has 0 saturated carbocycles. The molecular formula is C14H16BrNOS. The predicted molar refractivity (Wildman–Crippen MR) is 80.7 cm³/mol. The van der Waals surface area contributed by atoms with Crippen molar-refractivity contribution in [2.24, 2.45) is 0 Å². The van der Waals surface area contributed by atoms with Crippen molar-refractivity contribution in [1.82, 2.24) is 5.32 Å². The first-order valence-corrected chi connectivity index (χ1v) is 7.34. The van der Waals surface area contributed by atoms with Crippen LogP contribution in [0.15, 0.2) is 34.8 Å². The summed E-state index contributed by atoms with van der Waals surface area (Å²) in [5, 5.41) is 3.36. The molecule has 0 fully saturated rings. The monoisotopic (exact) mass is 325 g/mol. The van der Waals surface area contributed by atoms with Crippen molar-refractivity contribution in [3.8, 4) is 5.75 Å². The highest BCUT2D eigenvalue weighted by molar-refractivity contribution is 9.10. The minimum atomic E-state index is 0.147. The van der Waals surface area contributed by atoms with Crippen molar-refractivity contribution in [2.75, 3.05) is 14.2 Å². The van der Waals surface area contributed by atoms with Crippen LogP contribution < -0.4 is 10.1 Å². The maximum absolute atomic E-state index is 5.45. The van der Waals surface area contributed by atoms with Crippen molar-refractivity contribution in [3.63, 3.8) is 0 Å². The Morgan fingerprint density at radius 2 is 2.06 bits per heavy atom. The quantitative estimate of drug-likeness (QED) is 0.912. The number of methoxy groups -OCH3 is 1. The predicted octanol–water partition coefficient (Wildman–Crippen LogP) is 4.14. The summed E-state index contributed by atoms with van der Waals surface area (Å²) in [4.78, 5) is 2.58. The molecule has 0 aliphatic rings. The lowest BCUT2D eigenvalue weighted by molar-refractivity contribution is 0.405. The van der Waals surface area contributed by atoms with Crippen LogP contribution in [0.3, 0.4) is 0 Å². The highest BCUT2D eigenvalue weighted by Gasteiger charge is 2.20. The molecule has 96 valence electrons. The van der Waals surface area contributed by atoms with Gasteiger partial charge in [-0.05, 0) is 42.0 Å². The van der Waals surface area contributed by atoms with Crippen molar-refractivity contribution in [3.05, 3.63) is 50.1 Å². The first kappa shape index (κ1) is 13.6. The SMILES string of the molecule is CNC(c1ccccc1OC)c1sc(C)cc1Br. The Kier molecular flexibility index (Phi) is 4.43. The van der Waals surface area contributed by atoms with E-state index in [1.165, 1.54) is 9.75 Å². The van der Waals surface area contributed by atoms with Gasteiger partial charge in [0.2, 0.25) is 0 Å². The Morgan fingerprint density at radius 1 is 1.33 bits per heavy atom. The van der Waals surface area contributed by atoms with Crippen LogP contribution in [0.5, 0.6) is 5.75 Å². The van der Waals surface area contributed by atoms with Gasteiger partial charge in [-0.1, -0.05) is 18.2 Å². The van der Waals surface area contributed by atoms with E-state index in [1.807, 2.05) is 25.2 Å². The summed E-state index contributed by atoms with van der Waals surface area (Å²) < 4.78 is 6.59. The molecule has 1 aromatic heterocycles. The fourth-order valence-corrected chi connectivity index (χ4v) is 4.04. The number of aryl methyl sites for hydroxylation is 1. The zero-order valence-electron chi connectivity index (χ0n) is 10.7. The van der Waals surface area contributed by atoms with E-state index >= 15 is 0 Å². The van der Waals surface area contributed by atoms with Crippen molar-refractivity contribution in [1.29, 1.82) is 0 Å². The van der Waals surface area contributed by atoms with E-state index in [0.717, 1.165) is 15.8 Å². The minimum Gasteiger partial charge on any atom is -0.496 e. The zero-order valence-corrected chi connectivity index (χ0v) is 13.1. The van der Waals surface area contributed by atoms with E-state index in [2.05, 4.69) is 40.3 Å². The van der Waals surface area contributed by atoms with Gasteiger partial charge < -0.3 is 10.1 Å². The molecule has 4 heteroatoms. The van der Waals surface area contributed by atoms with Gasteiger partial charge in [0.05, 0.1) is 13.2 Å². The fraction of sp³-hybridized carbons (Fsp3) is 0.286. The average Bonchev–Trinajstić information content (AvgIpc) is 2.70. The van der Waals surface area contributed by atoms with Gasteiger partial charge in [0, 0.05) is 19.8 Å². The van der Waals surface area contributed by atoms with Crippen LogP contribution in [-0.4, -0.2) is 14.2 Å².